The Bertz CT molecular complexity index is 637. The molecule has 94 valence electrons. The van der Waals surface area contributed by atoms with Crippen molar-refractivity contribution >= 4 is 27.7 Å². The number of hydrogen-bond acceptors (Lipinski definition) is 3. The first-order valence-corrected chi connectivity index (χ1v) is 7.12. The molecule has 0 aliphatic rings. The van der Waals surface area contributed by atoms with Gasteiger partial charge in [0.05, 0.1) is 4.47 Å². The Kier molecular flexibility index (Phi) is 4.43. The van der Waals surface area contributed by atoms with Crippen molar-refractivity contribution in [2.75, 3.05) is 5.75 Å². The van der Waals surface area contributed by atoms with Crippen LogP contribution in [0.1, 0.15) is 0 Å². The summed E-state index contributed by atoms with van der Waals surface area (Å²) in [4.78, 5) is 26.1. The van der Waals surface area contributed by atoms with Crippen LogP contribution in [0.3, 0.4) is 0 Å². The zero-order chi connectivity index (χ0) is 13.0. The van der Waals surface area contributed by atoms with Gasteiger partial charge in [0.15, 0.2) is 0 Å². The third kappa shape index (κ3) is 3.36. The Morgan fingerprint density at radius 3 is 2.67 bits per heavy atom. The standard InChI is InChI=1S/C12H11BrN2O2S/c13-10-8-15(12(17)14-11(10)16)6-7-18-9-4-2-1-3-5-9/h1-5,8H,6-7H2,(H,14,16,17). The predicted molar refractivity (Wildman–Crippen MR) is 76.2 cm³/mol. The average molecular weight is 327 g/mol. The van der Waals surface area contributed by atoms with Crippen molar-refractivity contribution < 1.29 is 0 Å². The molecule has 4 nitrogen and oxygen atoms in total. The van der Waals surface area contributed by atoms with E-state index in [0.29, 0.717) is 11.0 Å². The Hall–Kier alpha value is -1.27. The first kappa shape index (κ1) is 13.2. The van der Waals surface area contributed by atoms with Gasteiger partial charge in [0.2, 0.25) is 0 Å². The molecule has 0 spiro atoms. The summed E-state index contributed by atoms with van der Waals surface area (Å²) in [7, 11) is 0. The SMILES string of the molecule is O=c1[nH]c(=O)n(CCSc2ccccc2)cc1Br. The maximum Gasteiger partial charge on any atom is 0.328 e. The molecule has 0 fully saturated rings. The smallest absolute Gasteiger partial charge is 0.299 e. The maximum atomic E-state index is 11.5. The number of rotatable bonds is 4. The van der Waals surface area contributed by atoms with Crippen molar-refractivity contribution in [2.45, 2.75) is 11.4 Å². The molecule has 6 heteroatoms. The van der Waals surface area contributed by atoms with Crippen LogP contribution in [0.5, 0.6) is 0 Å². The molecule has 0 saturated heterocycles. The molecule has 0 saturated carbocycles. The summed E-state index contributed by atoms with van der Waals surface area (Å²) in [5.74, 6) is 0.766. The zero-order valence-electron chi connectivity index (χ0n) is 9.43. The average Bonchev–Trinajstić information content (AvgIpc) is 2.37. The second kappa shape index (κ2) is 6.06. The summed E-state index contributed by atoms with van der Waals surface area (Å²) in [5, 5.41) is 0. The summed E-state index contributed by atoms with van der Waals surface area (Å²) in [6, 6.07) is 9.97. The summed E-state index contributed by atoms with van der Waals surface area (Å²) in [5.41, 5.74) is -0.774. The van der Waals surface area contributed by atoms with E-state index in [1.54, 1.807) is 11.8 Å². The van der Waals surface area contributed by atoms with E-state index in [9.17, 15) is 9.59 Å². The fraction of sp³-hybridized carbons (Fsp3) is 0.167. The Morgan fingerprint density at radius 2 is 1.94 bits per heavy atom. The van der Waals surface area contributed by atoms with E-state index >= 15 is 0 Å². The van der Waals surface area contributed by atoms with Gasteiger partial charge in [-0.15, -0.1) is 11.8 Å². The molecule has 2 aromatic rings. The molecule has 18 heavy (non-hydrogen) atoms. The first-order chi connectivity index (χ1) is 8.66. The van der Waals surface area contributed by atoms with Crippen LogP contribution in [0.15, 0.2) is 55.5 Å². The highest BCUT2D eigenvalue weighted by Gasteiger charge is 2.01. The molecular formula is C12H11BrN2O2S. The van der Waals surface area contributed by atoms with Gasteiger partial charge in [0.25, 0.3) is 5.56 Å². The summed E-state index contributed by atoms with van der Waals surface area (Å²) in [6.45, 7) is 0.549. The van der Waals surface area contributed by atoms with Gasteiger partial charge in [0.1, 0.15) is 0 Å². The van der Waals surface area contributed by atoms with Gasteiger partial charge >= 0.3 is 5.69 Å². The number of H-pyrrole nitrogens is 1. The van der Waals surface area contributed by atoms with Gasteiger partial charge in [-0.05, 0) is 28.1 Å². The van der Waals surface area contributed by atoms with Crippen LogP contribution in [0, 0.1) is 0 Å². The zero-order valence-corrected chi connectivity index (χ0v) is 11.8. The van der Waals surface area contributed by atoms with Crippen LogP contribution in [-0.2, 0) is 6.54 Å². The van der Waals surface area contributed by atoms with E-state index in [-0.39, 0.29) is 5.69 Å². The minimum absolute atomic E-state index is 0.367. The van der Waals surface area contributed by atoms with Crippen LogP contribution in [-0.4, -0.2) is 15.3 Å². The number of aryl methyl sites for hydroxylation is 1. The second-order valence-electron chi connectivity index (χ2n) is 3.59. The molecule has 0 radical (unpaired) electrons. The number of thioether (sulfide) groups is 1. The molecule has 2 rings (SSSR count). The van der Waals surface area contributed by atoms with E-state index in [0.717, 1.165) is 10.6 Å². The highest BCUT2D eigenvalue weighted by Crippen LogP contribution is 2.16. The molecule has 0 unspecified atom stereocenters. The van der Waals surface area contributed by atoms with Crippen molar-refractivity contribution in [3.05, 3.63) is 61.8 Å². The fourth-order valence-electron chi connectivity index (χ4n) is 1.43. The van der Waals surface area contributed by atoms with E-state index < -0.39 is 5.56 Å². The molecular weight excluding hydrogens is 316 g/mol. The third-order valence-electron chi connectivity index (χ3n) is 2.31. The van der Waals surface area contributed by atoms with E-state index in [4.69, 9.17) is 0 Å². The number of nitrogens with one attached hydrogen (secondary N) is 1. The fourth-order valence-corrected chi connectivity index (χ4v) is 2.65. The van der Waals surface area contributed by atoms with Crippen molar-refractivity contribution in [3.63, 3.8) is 0 Å². The maximum absolute atomic E-state index is 11.5. The number of nitrogens with zero attached hydrogens (tertiary/aromatic N) is 1. The van der Waals surface area contributed by atoms with Crippen LogP contribution in [0.2, 0.25) is 0 Å². The number of benzene rings is 1. The van der Waals surface area contributed by atoms with Crippen molar-refractivity contribution in [3.8, 4) is 0 Å². The van der Waals surface area contributed by atoms with Gasteiger partial charge in [-0.25, -0.2) is 4.79 Å². The first-order valence-electron chi connectivity index (χ1n) is 5.34. The number of aromatic nitrogens is 2. The molecule has 1 heterocycles. The molecule has 0 bridgehead atoms. The lowest BCUT2D eigenvalue weighted by atomic mass is 10.4. The van der Waals surface area contributed by atoms with Crippen LogP contribution >= 0.6 is 27.7 Å². The number of halogens is 1. The summed E-state index contributed by atoms with van der Waals surface area (Å²) >= 11 is 4.77. The monoisotopic (exact) mass is 326 g/mol. The van der Waals surface area contributed by atoms with Crippen LogP contribution in [0.4, 0.5) is 0 Å². The van der Waals surface area contributed by atoms with Crippen LogP contribution < -0.4 is 11.2 Å². The van der Waals surface area contributed by atoms with Crippen molar-refractivity contribution in [1.82, 2.24) is 9.55 Å². The minimum atomic E-state index is -0.396. The highest BCUT2D eigenvalue weighted by atomic mass is 79.9. The molecule has 0 atom stereocenters. The van der Waals surface area contributed by atoms with Crippen LogP contribution in [0.25, 0.3) is 0 Å². The summed E-state index contributed by atoms with van der Waals surface area (Å²) in [6.07, 6.45) is 1.52. The second-order valence-corrected chi connectivity index (χ2v) is 5.61. The molecule has 1 aromatic carbocycles. The molecule has 1 aromatic heterocycles. The largest absolute Gasteiger partial charge is 0.328 e. The van der Waals surface area contributed by atoms with Gasteiger partial charge < -0.3 is 0 Å². The third-order valence-corrected chi connectivity index (χ3v) is 3.87. The van der Waals surface area contributed by atoms with Gasteiger partial charge in [-0.3, -0.25) is 14.3 Å². The number of aromatic amines is 1. The Morgan fingerprint density at radius 1 is 1.22 bits per heavy atom. The van der Waals surface area contributed by atoms with E-state index in [1.165, 1.54) is 10.8 Å². The molecule has 0 aliphatic heterocycles. The van der Waals surface area contributed by atoms with Crippen molar-refractivity contribution in [1.29, 1.82) is 0 Å². The van der Waals surface area contributed by atoms with Gasteiger partial charge in [0, 0.05) is 23.4 Å². The summed E-state index contributed by atoms with van der Waals surface area (Å²) < 4.78 is 1.85. The minimum Gasteiger partial charge on any atom is -0.299 e. The van der Waals surface area contributed by atoms with Gasteiger partial charge in [-0.2, -0.15) is 0 Å². The highest BCUT2D eigenvalue weighted by molar-refractivity contribution is 9.10. The van der Waals surface area contributed by atoms with E-state index in [1.807, 2.05) is 30.3 Å². The van der Waals surface area contributed by atoms with Crippen molar-refractivity contribution in [2.24, 2.45) is 0 Å². The Balaban J connectivity index is 2.01. The predicted octanol–water partition coefficient (Wildman–Crippen LogP) is 2.09. The van der Waals surface area contributed by atoms with Gasteiger partial charge in [-0.1, -0.05) is 18.2 Å². The topological polar surface area (TPSA) is 54.9 Å². The molecule has 1 N–H and O–H groups in total. The quantitative estimate of drug-likeness (QED) is 0.875. The normalized spacial score (nSPS) is 10.5. The van der Waals surface area contributed by atoms with E-state index in [2.05, 4.69) is 20.9 Å². The lowest BCUT2D eigenvalue weighted by molar-refractivity contribution is 0.696. The molecule has 0 amide bonds. The number of hydrogen-bond donors (Lipinski definition) is 1. The molecule has 0 aliphatic carbocycles. The Labute approximate surface area is 116 Å². The lowest BCUT2D eigenvalue weighted by Gasteiger charge is -2.05. The lowest BCUT2D eigenvalue weighted by Crippen LogP contribution is -2.30.